The van der Waals surface area contributed by atoms with Gasteiger partial charge in [0.05, 0.1) is 17.6 Å². The quantitative estimate of drug-likeness (QED) is 0.782. The van der Waals surface area contributed by atoms with Crippen molar-refractivity contribution in [3.8, 4) is 5.75 Å². The Morgan fingerprint density at radius 3 is 2.58 bits per heavy atom. The lowest BCUT2D eigenvalue weighted by atomic mass is 9.87. The van der Waals surface area contributed by atoms with Gasteiger partial charge in [-0.05, 0) is 40.6 Å². The SMILES string of the molecule is COc1ccc(S(=O)(=O)NCC(C)(C)c2ccsc2)cc1C(N)=O. The number of hydrogen-bond donors (Lipinski definition) is 2. The molecule has 1 heterocycles. The van der Waals surface area contributed by atoms with Gasteiger partial charge in [0, 0.05) is 12.0 Å². The van der Waals surface area contributed by atoms with E-state index in [1.807, 2.05) is 30.7 Å². The second-order valence-electron chi connectivity index (χ2n) is 5.95. The average molecular weight is 368 g/mol. The molecule has 2 rings (SSSR count). The molecule has 0 unspecified atom stereocenters. The van der Waals surface area contributed by atoms with Crippen LogP contribution >= 0.6 is 11.3 Å². The summed E-state index contributed by atoms with van der Waals surface area (Å²) in [5.41, 5.74) is 6.01. The Kier molecular flexibility index (Phi) is 5.32. The van der Waals surface area contributed by atoms with Gasteiger partial charge in [0.1, 0.15) is 5.75 Å². The third kappa shape index (κ3) is 3.95. The first-order valence-corrected chi connectivity index (χ1v) is 9.60. The molecule has 1 aromatic heterocycles. The number of nitrogens with one attached hydrogen (secondary N) is 1. The molecule has 1 amide bonds. The molecule has 24 heavy (non-hydrogen) atoms. The van der Waals surface area contributed by atoms with Gasteiger partial charge in [-0.3, -0.25) is 4.79 Å². The predicted octanol–water partition coefficient (Wildman–Crippen LogP) is 2.11. The van der Waals surface area contributed by atoms with Gasteiger partial charge >= 0.3 is 0 Å². The Balaban J connectivity index is 2.25. The summed E-state index contributed by atoms with van der Waals surface area (Å²) in [7, 11) is -2.39. The molecule has 0 radical (unpaired) electrons. The van der Waals surface area contributed by atoms with Crippen LogP contribution in [-0.2, 0) is 15.4 Å². The molecule has 0 saturated heterocycles. The van der Waals surface area contributed by atoms with Crippen LogP contribution < -0.4 is 15.2 Å². The highest BCUT2D eigenvalue weighted by molar-refractivity contribution is 7.89. The fourth-order valence-electron chi connectivity index (χ4n) is 2.16. The molecule has 3 N–H and O–H groups in total. The van der Waals surface area contributed by atoms with Crippen LogP contribution in [-0.4, -0.2) is 28.0 Å². The van der Waals surface area contributed by atoms with E-state index in [1.54, 1.807) is 11.3 Å². The van der Waals surface area contributed by atoms with Crippen molar-refractivity contribution in [3.05, 3.63) is 46.2 Å². The fraction of sp³-hybridized carbons (Fsp3) is 0.312. The molecule has 0 bridgehead atoms. The highest BCUT2D eigenvalue weighted by atomic mass is 32.2. The molecule has 130 valence electrons. The summed E-state index contributed by atoms with van der Waals surface area (Å²) in [6.45, 7) is 4.14. The first-order valence-electron chi connectivity index (χ1n) is 7.17. The van der Waals surface area contributed by atoms with E-state index in [4.69, 9.17) is 10.5 Å². The second kappa shape index (κ2) is 6.92. The third-order valence-corrected chi connectivity index (χ3v) is 5.84. The smallest absolute Gasteiger partial charge is 0.252 e. The lowest BCUT2D eigenvalue weighted by Crippen LogP contribution is -2.36. The number of hydrogen-bond acceptors (Lipinski definition) is 5. The molecule has 8 heteroatoms. The van der Waals surface area contributed by atoms with Gasteiger partial charge in [-0.2, -0.15) is 11.3 Å². The van der Waals surface area contributed by atoms with Crippen molar-refractivity contribution in [3.63, 3.8) is 0 Å². The minimum atomic E-state index is -3.78. The highest BCUT2D eigenvalue weighted by Crippen LogP contribution is 2.26. The lowest BCUT2D eigenvalue weighted by Gasteiger charge is -2.24. The van der Waals surface area contributed by atoms with Crippen LogP contribution in [0.15, 0.2) is 39.9 Å². The number of methoxy groups -OCH3 is 1. The first kappa shape index (κ1) is 18.4. The summed E-state index contributed by atoms with van der Waals surface area (Å²) < 4.78 is 32.7. The van der Waals surface area contributed by atoms with Gasteiger partial charge < -0.3 is 10.5 Å². The number of benzene rings is 1. The zero-order chi connectivity index (χ0) is 18.0. The molecule has 0 aliphatic rings. The Hall–Kier alpha value is -1.90. The Labute approximate surface area is 145 Å². The van der Waals surface area contributed by atoms with Crippen LogP contribution in [0.2, 0.25) is 0 Å². The van der Waals surface area contributed by atoms with Crippen LogP contribution in [0, 0.1) is 0 Å². The summed E-state index contributed by atoms with van der Waals surface area (Å²) in [4.78, 5) is 11.4. The molecule has 6 nitrogen and oxygen atoms in total. The van der Waals surface area contributed by atoms with E-state index >= 15 is 0 Å². The van der Waals surface area contributed by atoms with Crippen molar-refractivity contribution in [2.24, 2.45) is 5.73 Å². The number of sulfonamides is 1. The van der Waals surface area contributed by atoms with E-state index in [0.29, 0.717) is 0 Å². The Bertz CT molecular complexity index is 828. The Morgan fingerprint density at radius 2 is 2.04 bits per heavy atom. The number of primary amides is 1. The standard InChI is InChI=1S/C16H20N2O4S2/c1-16(2,11-6-7-23-9-11)10-18-24(20,21)12-4-5-14(22-3)13(8-12)15(17)19/h4-9,18H,10H2,1-3H3,(H2,17,19). The van der Waals surface area contributed by atoms with Crippen LogP contribution in [0.5, 0.6) is 5.75 Å². The summed E-state index contributed by atoms with van der Waals surface area (Å²) in [5, 5.41) is 3.95. The fourth-order valence-corrected chi connectivity index (χ4v) is 4.24. The number of rotatable bonds is 7. The van der Waals surface area contributed by atoms with E-state index in [0.717, 1.165) is 5.56 Å². The summed E-state index contributed by atoms with van der Waals surface area (Å²) in [6.07, 6.45) is 0. The first-order chi connectivity index (χ1) is 11.2. The number of ether oxygens (including phenoxy) is 1. The topological polar surface area (TPSA) is 98.5 Å². The molecule has 0 fully saturated rings. The minimum absolute atomic E-state index is 0.0254. The van der Waals surface area contributed by atoms with Gasteiger partial charge in [0.25, 0.3) is 5.91 Å². The molecular weight excluding hydrogens is 348 g/mol. The third-order valence-electron chi connectivity index (χ3n) is 3.75. The molecule has 0 aliphatic heterocycles. The lowest BCUT2D eigenvalue weighted by molar-refractivity contribution is 0.0997. The number of carbonyl (C=O) groups is 1. The largest absolute Gasteiger partial charge is 0.496 e. The number of thiophene rings is 1. The van der Waals surface area contributed by atoms with Gasteiger partial charge in [-0.15, -0.1) is 0 Å². The molecule has 0 spiro atoms. The molecule has 0 saturated carbocycles. The number of amides is 1. The molecule has 0 atom stereocenters. The average Bonchev–Trinajstić information content (AvgIpc) is 3.08. The van der Waals surface area contributed by atoms with Crippen molar-refractivity contribution in [1.29, 1.82) is 0 Å². The number of carbonyl (C=O) groups excluding carboxylic acids is 1. The van der Waals surface area contributed by atoms with Crippen molar-refractivity contribution in [1.82, 2.24) is 4.72 Å². The summed E-state index contributed by atoms with van der Waals surface area (Å²) >= 11 is 1.56. The molecule has 2 aromatic rings. The minimum Gasteiger partial charge on any atom is -0.496 e. The zero-order valence-electron chi connectivity index (χ0n) is 13.7. The maximum atomic E-state index is 12.5. The molecule has 0 aliphatic carbocycles. The van der Waals surface area contributed by atoms with Crippen LogP contribution in [0.3, 0.4) is 0 Å². The second-order valence-corrected chi connectivity index (χ2v) is 8.49. The van der Waals surface area contributed by atoms with Gasteiger partial charge in [0.2, 0.25) is 10.0 Å². The van der Waals surface area contributed by atoms with Crippen LogP contribution in [0.25, 0.3) is 0 Å². The van der Waals surface area contributed by atoms with Crippen molar-refractivity contribution < 1.29 is 17.9 Å². The number of nitrogens with two attached hydrogens (primary N) is 1. The van der Waals surface area contributed by atoms with E-state index in [1.165, 1.54) is 25.3 Å². The maximum absolute atomic E-state index is 12.5. The molecular formula is C16H20N2O4S2. The Morgan fingerprint density at radius 1 is 1.33 bits per heavy atom. The van der Waals surface area contributed by atoms with E-state index in [9.17, 15) is 13.2 Å². The highest BCUT2D eigenvalue weighted by Gasteiger charge is 2.25. The van der Waals surface area contributed by atoms with Crippen molar-refractivity contribution >= 4 is 27.3 Å². The zero-order valence-corrected chi connectivity index (χ0v) is 15.3. The monoisotopic (exact) mass is 368 g/mol. The van der Waals surface area contributed by atoms with Crippen molar-refractivity contribution in [2.45, 2.75) is 24.2 Å². The van der Waals surface area contributed by atoms with Gasteiger partial charge in [0.15, 0.2) is 0 Å². The van der Waals surface area contributed by atoms with Crippen LogP contribution in [0.1, 0.15) is 29.8 Å². The predicted molar refractivity (Wildman–Crippen MR) is 94.0 cm³/mol. The van der Waals surface area contributed by atoms with E-state index in [2.05, 4.69) is 4.72 Å². The molecule has 1 aromatic carbocycles. The summed E-state index contributed by atoms with van der Waals surface area (Å²) in [6, 6.07) is 5.99. The van der Waals surface area contributed by atoms with Crippen LogP contribution in [0.4, 0.5) is 0 Å². The van der Waals surface area contributed by atoms with Gasteiger partial charge in [-0.1, -0.05) is 13.8 Å². The van der Waals surface area contributed by atoms with E-state index < -0.39 is 15.9 Å². The van der Waals surface area contributed by atoms with Crippen molar-refractivity contribution in [2.75, 3.05) is 13.7 Å². The van der Waals surface area contributed by atoms with Gasteiger partial charge in [-0.25, -0.2) is 13.1 Å². The van der Waals surface area contributed by atoms with E-state index in [-0.39, 0.29) is 28.2 Å². The summed E-state index contributed by atoms with van der Waals surface area (Å²) in [5.74, 6) is -0.512. The maximum Gasteiger partial charge on any atom is 0.252 e. The normalized spacial score (nSPS) is 12.1.